The number of hydrogen-bond donors (Lipinski definition) is 0. The largest absolute Gasteiger partial charge is 0.224 e. The Morgan fingerprint density at radius 2 is 1.26 bits per heavy atom. The summed E-state index contributed by atoms with van der Waals surface area (Å²) in [6, 6.07) is 19.1. The molecule has 19 heavy (non-hydrogen) atoms. The lowest BCUT2D eigenvalue weighted by Crippen LogP contribution is -2.01. The van der Waals surface area contributed by atoms with E-state index in [1.807, 2.05) is 60.7 Å². The summed E-state index contributed by atoms with van der Waals surface area (Å²) in [5.41, 5.74) is 2.73. The van der Waals surface area contributed by atoms with Gasteiger partial charge in [-0.15, -0.1) is 0 Å². The van der Waals surface area contributed by atoms with Crippen molar-refractivity contribution >= 4 is 20.3 Å². The summed E-state index contributed by atoms with van der Waals surface area (Å²) in [7, 11) is -3.16. The highest BCUT2D eigenvalue weighted by Gasteiger charge is 2.30. The molecule has 1 heterocycles. The molecule has 0 unspecified atom stereocenters. The maximum absolute atomic E-state index is 12.3. The SMILES string of the molecule is O=S1(=O)CCC(c2ccccc2)=C1c1ccccc1. The fraction of sp³-hybridized carbons (Fsp3) is 0.125. The first-order valence-corrected chi connectivity index (χ1v) is 7.90. The van der Waals surface area contributed by atoms with Crippen LogP contribution in [0, 0.1) is 0 Å². The molecule has 0 bridgehead atoms. The number of benzene rings is 2. The summed E-state index contributed by atoms with van der Waals surface area (Å²) in [6.07, 6.45) is 0.594. The monoisotopic (exact) mass is 270 g/mol. The van der Waals surface area contributed by atoms with Gasteiger partial charge in [0.05, 0.1) is 10.7 Å². The predicted molar refractivity (Wildman–Crippen MR) is 78.1 cm³/mol. The fourth-order valence-corrected chi connectivity index (χ4v) is 4.27. The van der Waals surface area contributed by atoms with Crippen molar-refractivity contribution in [3.05, 3.63) is 71.8 Å². The van der Waals surface area contributed by atoms with Crippen LogP contribution in [-0.2, 0) is 9.84 Å². The van der Waals surface area contributed by atoms with Crippen LogP contribution in [0.2, 0.25) is 0 Å². The average Bonchev–Trinajstić information content (AvgIpc) is 2.76. The van der Waals surface area contributed by atoms with Crippen LogP contribution >= 0.6 is 0 Å². The molecule has 3 heteroatoms. The summed E-state index contributed by atoms with van der Waals surface area (Å²) in [6.45, 7) is 0. The second-order valence-corrected chi connectivity index (χ2v) is 6.65. The molecule has 0 aromatic heterocycles. The van der Waals surface area contributed by atoms with Gasteiger partial charge in [0.1, 0.15) is 0 Å². The Labute approximate surface area is 113 Å². The van der Waals surface area contributed by atoms with Crippen LogP contribution in [0.1, 0.15) is 17.5 Å². The molecule has 0 N–H and O–H groups in total. The van der Waals surface area contributed by atoms with E-state index in [2.05, 4.69) is 0 Å². The molecule has 0 radical (unpaired) electrons. The zero-order valence-electron chi connectivity index (χ0n) is 10.4. The average molecular weight is 270 g/mol. The Kier molecular flexibility index (Phi) is 2.99. The summed E-state index contributed by atoms with van der Waals surface area (Å²) in [4.78, 5) is 0.499. The van der Waals surface area contributed by atoms with Crippen LogP contribution in [0.3, 0.4) is 0 Å². The van der Waals surface area contributed by atoms with E-state index in [1.165, 1.54) is 0 Å². The molecular formula is C16H14O2S. The van der Waals surface area contributed by atoms with Crippen molar-refractivity contribution in [2.24, 2.45) is 0 Å². The van der Waals surface area contributed by atoms with Gasteiger partial charge < -0.3 is 0 Å². The first-order chi connectivity index (χ1) is 9.18. The van der Waals surface area contributed by atoms with Gasteiger partial charge in [0, 0.05) is 0 Å². The van der Waals surface area contributed by atoms with Crippen molar-refractivity contribution in [1.29, 1.82) is 0 Å². The smallest absolute Gasteiger partial charge is 0.179 e. The Morgan fingerprint density at radius 3 is 1.84 bits per heavy atom. The Morgan fingerprint density at radius 1 is 0.737 bits per heavy atom. The molecule has 0 spiro atoms. The minimum atomic E-state index is -3.16. The second kappa shape index (κ2) is 4.67. The van der Waals surface area contributed by atoms with E-state index >= 15 is 0 Å². The molecule has 0 aliphatic carbocycles. The van der Waals surface area contributed by atoms with Crippen LogP contribution in [0.15, 0.2) is 60.7 Å². The van der Waals surface area contributed by atoms with Gasteiger partial charge >= 0.3 is 0 Å². The quantitative estimate of drug-likeness (QED) is 0.838. The molecule has 0 saturated carbocycles. The summed E-state index contributed by atoms with van der Waals surface area (Å²) in [5, 5.41) is 0. The van der Waals surface area contributed by atoms with Crippen molar-refractivity contribution in [2.45, 2.75) is 6.42 Å². The minimum Gasteiger partial charge on any atom is -0.224 e. The van der Waals surface area contributed by atoms with Crippen LogP contribution in [0.25, 0.3) is 10.5 Å². The molecule has 96 valence electrons. The summed E-state index contributed by atoms with van der Waals surface area (Å²) in [5.74, 6) is 0.210. The first kappa shape index (κ1) is 12.2. The Bertz CT molecular complexity index is 714. The minimum absolute atomic E-state index is 0.210. The predicted octanol–water partition coefficient (Wildman–Crippen LogP) is 3.37. The van der Waals surface area contributed by atoms with E-state index < -0.39 is 9.84 Å². The molecule has 2 aromatic carbocycles. The second-order valence-electron chi connectivity index (χ2n) is 4.61. The molecule has 3 rings (SSSR count). The van der Waals surface area contributed by atoms with Gasteiger partial charge in [0.25, 0.3) is 0 Å². The van der Waals surface area contributed by atoms with Gasteiger partial charge in [-0.25, -0.2) is 8.42 Å². The molecule has 0 saturated heterocycles. The Balaban J connectivity index is 2.25. The maximum atomic E-state index is 12.3. The van der Waals surface area contributed by atoms with Crippen molar-refractivity contribution in [2.75, 3.05) is 5.75 Å². The fourth-order valence-electron chi connectivity index (χ4n) is 2.50. The maximum Gasteiger partial charge on any atom is 0.179 e. The van der Waals surface area contributed by atoms with Crippen molar-refractivity contribution in [3.63, 3.8) is 0 Å². The summed E-state index contributed by atoms with van der Waals surface area (Å²) >= 11 is 0. The lowest BCUT2D eigenvalue weighted by atomic mass is 10.0. The number of hydrogen-bond acceptors (Lipinski definition) is 2. The molecule has 1 aliphatic heterocycles. The number of rotatable bonds is 2. The molecule has 2 nitrogen and oxygen atoms in total. The third-order valence-corrected chi connectivity index (χ3v) is 5.21. The topological polar surface area (TPSA) is 34.1 Å². The van der Waals surface area contributed by atoms with E-state index in [1.54, 1.807) is 0 Å². The van der Waals surface area contributed by atoms with E-state index in [-0.39, 0.29) is 5.75 Å². The highest BCUT2D eigenvalue weighted by atomic mass is 32.2. The Hall–Kier alpha value is -1.87. The van der Waals surface area contributed by atoms with Crippen molar-refractivity contribution < 1.29 is 8.42 Å². The number of allylic oxidation sites excluding steroid dienone is 1. The van der Waals surface area contributed by atoms with Gasteiger partial charge in [0.2, 0.25) is 0 Å². The lowest BCUT2D eigenvalue weighted by molar-refractivity contribution is 0.607. The molecular weight excluding hydrogens is 256 g/mol. The van der Waals surface area contributed by atoms with E-state index in [0.29, 0.717) is 11.3 Å². The van der Waals surface area contributed by atoms with Crippen LogP contribution in [0.4, 0.5) is 0 Å². The normalized spacial score (nSPS) is 17.7. The standard InChI is InChI=1S/C16H14O2S/c17-19(18)12-11-15(13-7-3-1-4-8-13)16(19)14-9-5-2-6-10-14/h1-10H,11-12H2. The first-order valence-electron chi connectivity index (χ1n) is 6.25. The molecule has 1 aliphatic rings. The van der Waals surface area contributed by atoms with Crippen LogP contribution in [0.5, 0.6) is 0 Å². The van der Waals surface area contributed by atoms with Crippen LogP contribution < -0.4 is 0 Å². The van der Waals surface area contributed by atoms with Gasteiger partial charge in [0.15, 0.2) is 9.84 Å². The highest BCUT2D eigenvalue weighted by molar-refractivity contribution is 8.01. The van der Waals surface area contributed by atoms with Crippen molar-refractivity contribution in [1.82, 2.24) is 0 Å². The summed E-state index contributed by atoms with van der Waals surface area (Å²) < 4.78 is 24.6. The zero-order valence-corrected chi connectivity index (χ0v) is 11.2. The van der Waals surface area contributed by atoms with Gasteiger partial charge in [-0.05, 0) is 23.1 Å². The van der Waals surface area contributed by atoms with Gasteiger partial charge in [-0.1, -0.05) is 60.7 Å². The van der Waals surface area contributed by atoms with E-state index in [9.17, 15) is 8.42 Å². The molecule has 0 amide bonds. The van der Waals surface area contributed by atoms with Gasteiger partial charge in [-0.2, -0.15) is 0 Å². The molecule has 0 atom stereocenters. The van der Waals surface area contributed by atoms with Gasteiger partial charge in [-0.3, -0.25) is 0 Å². The number of sulfone groups is 1. The van der Waals surface area contributed by atoms with E-state index in [4.69, 9.17) is 0 Å². The third-order valence-electron chi connectivity index (χ3n) is 3.36. The highest BCUT2D eigenvalue weighted by Crippen LogP contribution is 2.39. The third kappa shape index (κ3) is 2.22. The zero-order chi connectivity index (χ0) is 13.3. The lowest BCUT2D eigenvalue weighted by Gasteiger charge is -2.07. The molecule has 2 aromatic rings. The van der Waals surface area contributed by atoms with Crippen LogP contribution in [-0.4, -0.2) is 14.2 Å². The van der Waals surface area contributed by atoms with E-state index in [0.717, 1.165) is 16.7 Å². The molecule has 0 fully saturated rings. The van der Waals surface area contributed by atoms with Crippen molar-refractivity contribution in [3.8, 4) is 0 Å².